The normalized spacial score (nSPS) is 23.4. The predicted molar refractivity (Wildman–Crippen MR) is 86.4 cm³/mol. The predicted octanol–water partition coefficient (Wildman–Crippen LogP) is 1.74. The summed E-state index contributed by atoms with van der Waals surface area (Å²) >= 11 is 0. The lowest BCUT2D eigenvalue weighted by molar-refractivity contribution is 0.194. The van der Waals surface area contributed by atoms with Gasteiger partial charge in [0.2, 0.25) is 10.0 Å². The van der Waals surface area contributed by atoms with E-state index in [0.29, 0.717) is 0 Å². The van der Waals surface area contributed by atoms with Crippen LogP contribution in [-0.4, -0.2) is 44.8 Å². The molecule has 0 bridgehead atoms. The molecule has 5 nitrogen and oxygen atoms in total. The summed E-state index contributed by atoms with van der Waals surface area (Å²) < 4.78 is 32.2. The Labute approximate surface area is 132 Å². The number of likely N-dealkylation sites (tertiary alicyclic amines) is 1. The molecule has 122 valence electrons. The first-order chi connectivity index (χ1) is 10.6. The number of piperidine rings is 1. The fraction of sp³-hybridized carbons (Fsp3) is 0.625. The molecule has 1 atom stereocenters. The zero-order valence-electron chi connectivity index (χ0n) is 13.0. The first kappa shape index (κ1) is 15.8. The van der Waals surface area contributed by atoms with Crippen LogP contribution in [0.25, 0.3) is 0 Å². The van der Waals surface area contributed by atoms with Crippen molar-refractivity contribution in [1.82, 2.24) is 9.62 Å². The van der Waals surface area contributed by atoms with E-state index in [1.807, 2.05) is 12.1 Å². The van der Waals surface area contributed by atoms with E-state index in [4.69, 9.17) is 4.74 Å². The minimum atomic E-state index is -3.09. The van der Waals surface area contributed by atoms with Gasteiger partial charge >= 0.3 is 0 Å². The zero-order chi connectivity index (χ0) is 15.6. The van der Waals surface area contributed by atoms with Gasteiger partial charge in [-0.25, -0.2) is 13.1 Å². The zero-order valence-corrected chi connectivity index (χ0v) is 13.8. The molecule has 3 rings (SSSR count). The molecule has 1 aromatic rings. The molecular formula is C16H24N2O3S. The highest BCUT2D eigenvalue weighted by atomic mass is 32.2. The second kappa shape index (κ2) is 6.56. The van der Waals surface area contributed by atoms with Crippen molar-refractivity contribution in [3.05, 3.63) is 29.8 Å². The molecule has 1 heterocycles. The summed E-state index contributed by atoms with van der Waals surface area (Å²) in [4.78, 5) is 2.32. The minimum Gasteiger partial charge on any atom is -0.497 e. The van der Waals surface area contributed by atoms with Gasteiger partial charge < -0.3 is 4.74 Å². The van der Waals surface area contributed by atoms with Crippen LogP contribution < -0.4 is 9.46 Å². The van der Waals surface area contributed by atoms with Crippen LogP contribution in [-0.2, 0) is 16.6 Å². The lowest BCUT2D eigenvalue weighted by Gasteiger charge is -2.33. The number of nitrogens with zero attached hydrogens (tertiary/aromatic N) is 1. The Balaban J connectivity index is 1.55. The highest BCUT2D eigenvalue weighted by Gasteiger charge is 2.37. The molecule has 0 amide bonds. The molecule has 1 aromatic carbocycles. The van der Waals surface area contributed by atoms with Gasteiger partial charge in [-0.1, -0.05) is 12.1 Å². The van der Waals surface area contributed by atoms with Crippen molar-refractivity contribution in [2.45, 2.75) is 43.5 Å². The van der Waals surface area contributed by atoms with Crippen LogP contribution in [0.5, 0.6) is 5.75 Å². The van der Waals surface area contributed by atoms with Gasteiger partial charge in [-0.05, 0) is 49.9 Å². The highest BCUT2D eigenvalue weighted by molar-refractivity contribution is 7.90. The second-order valence-corrected chi connectivity index (χ2v) is 8.28. The third-order valence-electron chi connectivity index (χ3n) is 4.36. The second-order valence-electron chi connectivity index (χ2n) is 6.28. The van der Waals surface area contributed by atoms with Crippen molar-refractivity contribution in [2.75, 3.05) is 20.2 Å². The maximum atomic E-state index is 12.1. The van der Waals surface area contributed by atoms with E-state index in [9.17, 15) is 8.42 Å². The van der Waals surface area contributed by atoms with Crippen LogP contribution >= 0.6 is 0 Å². The van der Waals surface area contributed by atoms with E-state index in [2.05, 4.69) is 21.8 Å². The van der Waals surface area contributed by atoms with E-state index in [1.54, 1.807) is 7.11 Å². The Morgan fingerprint density at radius 3 is 2.59 bits per heavy atom. The van der Waals surface area contributed by atoms with Crippen molar-refractivity contribution in [3.63, 3.8) is 0 Å². The van der Waals surface area contributed by atoms with E-state index in [1.165, 1.54) is 5.56 Å². The Kier molecular flexibility index (Phi) is 4.70. The van der Waals surface area contributed by atoms with E-state index >= 15 is 0 Å². The van der Waals surface area contributed by atoms with Crippen LogP contribution in [0.4, 0.5) is 0 Å². The molecule has 1 aliphatic carbocycles. The maximum Gasteiger partial charge on any atom is 0.214 e. The number of rotatable bonds is 6. The van der Waals surface area contributed by atoms with Gasteiger partial charge in [0, 0.05) is 19.1 Å². The number of nitrogens with one attached hydrogen (secondary N) is 1. The number of ether oxygens (including phenoxy) is 1. The third-order valence-corrected chi connectivity index (χ3v) is 6.38. The molecule has 1 saturated carbocycles. The fourth-order valence-electron chi connectivity index (χ4n) is 2.99. The van der Waals surface area contributed by atoms with Crippen molar-refractivity contribution in [2.24, 2.45) is 0 Å². The Hall–Kier alpha value is -1.11. The summed E-state index contributed by atoms with van der Waals surface area (Å²) in [6, 6.07) is 8.12. The Morgan fingerprint density at radius 2 is 1.95 bits per heavy atom. The molecule has 22 heavy (non-hydrogen) atoms. The summed E-state index contributed by atoms with van der Waals surface area (Å²) in [5.74, 6) is 0.859. The van der Waals surface area contributed by atoms with Crippen LogP contribution in [0.15, 0.2) is 24.3 Å². The number of benzene rings is 1. The standard InChI is InChI=1S/C16H24N2O3S/c1-21-15-6-4-13(5-7-15)11-18-10-2-3-14(12-18)17-22(19,20)16-8-9-16/h4-7,14,16-17H,2-3,8-12H2,1H3. The lowest BCUT2D eigenvalue weighted by atomic mass is 10.1. The van der Waals surface area contributed by atoms with Crippen LogP contribution in [0.2, 0.25) is 0 Å². The largest absolute Gasteiger partial charge is 0.497 e. The smallest absolute Gasteiger partial charge is 0.214 e. The highest BCUT2D eigenvalue weighted by Crippen LogP contribution is 2.28. The lowest BCUT2D eigenvalue weighted by Crippen LogP contribution is -2.48. The average Bonchev–Trinajstić information content (AvgIpc) is 3.33. The van der Waals surface area contributed by atoms with Gasteiger partial charge in [-0.15, -0.1) is 0 Å². The van der Waals surface area contributed by atoms with Gasteiger partial charge in [0.05, 0.1) is 12.4 Å². The topological polar surface area (TPSA) is 58.6 Å². The average molecular weight is 324 g/mol. The maximum absolute atomic E-state index is 12.1. The summed E-state index contributed by atoms with van der Waals surface area (Å²) in [5, 5.41) is -0.135. The molecule has 1 unspecified atom stereocenters. The van der Waals surface area contributed by atoms with Crippen molar-refractivity contribution >= 4 is 10.0 Å². The van der Waals surface area contributed by atoms with Crippen molar-refractivity contribution < 1.29 is 13.2 Å². The van der Waals surface area contributed by atoms with Crippen LogP contribution in [0, 0.1) is 0 Å². The molecule has 1 aliphatic heterocycles. The Bertz CT molecular complexity index is 596. The summed E-state index contributed by atoms with van der Waals surface area (Å²) in [7, 11) is -1.42. The number of sulfonamides is 1. The van der Waals surface area contributed by atoms with Gasteiger partial charge in [0.15, 0.2) is 0 Å². The van der Waals surface area contributed by atoms with Gasteiger partial charge in [0.1, 0.15) is 5.75 Å². The van der Waals surface area contributed by atoms with Gasteiger partial charge in [-0.2, -0.15) is 0 Å². The van der Waals surface area contributed by atoms with Crippen LogP contribution in [0.1, 0.15) is 31.2 Å². The summed E-state index contributed by atoms with van der Waals surface area (Å²) in [5.41, 5.74) is 1.23. The van der Waals surface area contributed by atoms with Gasteiger partial charge in [0.25, 0.3) is 0 Å². The molecule has 6 heteroatoms. The summed E-state index contributed by atoms with van der Waals surface area (Å²) in [6.07, 6.45) is 3.61. The minimum absolute atomic E-state index is 0.0533. The molecule has 2 aliphatic rings. The van der Waals surface area contributed by atoms with E-state index in [-0.39, 0.29) is 11.3 Å². The third kappa shape index (κ3) is 4.00. The number of methoxy groups -OCH3 is 1. The monoisotopic (exact) mass is 324 g/mol. The van der Waals surface area contributed by atoms with Crippen molar-refractivity contribution in [1.29, 1.82) is 0 Å². The van der Waals surface area contributed by atoms with Crippen molar-refractivity contribution in [3.8, 4) is 5.75 Å². The summed E-state index contributed by atoms with van der Waals surface area (Å²) in [6.45, 7) is 2.66. The first-order valence-electron chi connectivity index (χ1n) is 7.93. The molecule has 0 spiro atoms. The molecule has 0 aromatic heterocycles. The Morgan fingerprint density at radius 1 is 1.23 bits per heavy atom. The van der Waals surface area contributed by atoms with E-state index < -0.39 is 10.0 Å². The first-order valence-corrected chi connectivity index (χ1v) is 9.48. The molecular weight excluding hydrogens is 300 g/mol. The van der Waals surface area contributed by atoms with Gasteiger partial charge in [-0.3, -0.25) is 4.90 Å². The molecule has 2 fully saturated rings. The van der Waals surface area contributed by atoms with Crippen LogP contribution in [0.3, 0.4) is 0 Å². The molecule has 0 radical (unpaired) electrons. The van der Waals surface area contributed by atoms with E-state index in [0.717, 1.165) is 51.1 Å². The molecule has 1 saturated heterocycles. The molecule has 1 N–H and O–H groups in total. The quantitative estimate of drug-likeness (QED) is 0.866. The fourth-order valence-corrected chi connectivity index (χ4v) is 4.60. The number of hydrogen-bond donors (Lipinski definition) is 1. The SMILES string of the molecule is COc1ccc(CN2CCCC(NS(=O)(=O)C3CC3)C2)cc1. The number of hydrogen-bond acceptors (Lipinski definition) is 4.